The lowest BCUT2D eigenvalue weighted by atomic mass is 10.1. The summed E-state index contributed by atoms with van der Waals surface area (Å²) in [6.45, 7) is 5.61. The third-order valence-electron chi connectivity index (χ3n) is 5.42. The number of nitrogens with zero attached hydrogens (tertiary/aromatic N) is 5. The van der Waals surface area contributed by atoms with Crippen LogP contribution in [0.5, 0.6) is 0 Å². The van der Waals surface area contributed by atoms with E-state index in [2.05, 4.69) is 22.3 Å². The van der Waals surface area contributed by atoms with Gasteiger partial charge in [-0.3, -0.25) is 4.79 Å². The van der Waals surface area contributed by atoms with E-state index >= 15 is 0 Å². The number of aryl methyl sites for hydroxylation is 1. The van der Waals surface area contributed by atoms with E-state index < -0.39 is 0 Å². The summed E-state index contributed by atoms with van der Waals surface area (Å²) < 4.78 is 2.08. The van der Waals surface area contributed by atoms with Gasteiger partial charge in [0.2, 0.25) is 5.91 Å². The van der Waals surface area contributed by atoms with Crippen molar-refractivity contribution in [2.45, 2.75) is 6.92 Å². The zero-order chi connectivity index (χ0) is 20.5. The van der Waals surface area contributed by atoms with Crippen LogP contribution in [0.3, 0.4) is 0 Å². The Hall–Kier alpha value is -2.57. The first-order chi connectivity index (χ1) is 13.9. The summed E-state index contributed by atoms with van der Waals surface area (Å²) in [7, 11) is 3.84. The van der Waals surface area contributed by atoms with Gasteiger partial charge in [-0.25, -0.2) is 4.98 Å². The Bertz CT molecular complexity index is 1040. The molecule has 7 heteroatoms. The fourth-order valence-electron chi connectivity index (χ4n) is 3.85. The van der Waals surface area contributed by atoms with Crippen molar-refractivity contribution in [3.05, 3.63) is 53.3 Å². The van der Waals surface area contributed by atoms with E-state index in [0.29, 0.717) is 11.6 Å². The molecule has 0 aliphatic carbocycles. The van der Waals surface area contributed by atoms with Crippen LogP contribution >= 0.6 is 11.6 Å². The first kappa shape index (κ1) is 19.7. The van der Waals surface area contributed by atoms with Gasteiger partial charge in [0.15, 0.2) is 0 Å². The molecule has 0 atom stereocenters. The molecule has 29 heavy (non-hydrogen) atoms. The van der Waals surface area contributed by atoms with Crippen LogP contribution in [0.2, 0.25) is 5.02 Å². The van der Waals surface area contributed by atoms with Crippen LogP contribution in [0.1, 0.15) is 5.69 Å². The van der Waals surface area contributed by atoms with Gasteiger partial charge < -0.3 is 19.1 Å². The Balaban J connectivity index is 1.56. The van der Waals surface area contributed by atoms with E-state index in [1.807, 2.05) is 60.4 Å². The lowest BCUT2D eigenvalue weighted by Gasteiger charge is -2.36. The number of fused-ring (bicyclic) bond motifs is 1. The molecule has 0 N–H and O–H groups in total. The normalized spacial score (nSPS) is 14.8. The summed E-state index contributed by atoms with van der Waals surface area (Å²) in [6.07, 6.45) is 2.02. The topological polar surface area (TPSA) is 44.1 Å². The maximum absolute atomic E-state index is 12.3. The Kier molecular flexibility index (Phi) is 5.48. The predicted octanol–water partition coefficient (Wildman–Crippen LogP) is 3.17. The highest BCUT2D eigenvalue weighted by atomic mass is 35.5. The van der Waals surface area contributed by atoms with Crippen LogP contribution in [-0.2, 0) is 4.79 Å². The third kappa shape index (κ3) is 3.95. The number of halogens is 1. The summed E-state index contributed by atoms with van der Waals surface area (Å²) in [5.74, 6) is 0.187. The van der Waals surface area contributed by atoms with Crippen LogP contribution < -0.4 is 4.90 Å². The Morgan fingerprint density at radius 3 is 2.59 bits per heavy atom. The van der Waals surface area contributed by atoms with Gasteiger partial charge in [-0.15, -0.1) is 0 Å². The van der Waals surface area contributed by atoms with Crippen molar-refractivity contribution in [1.82, 2.24) is 19.2 Å². The van der Waals surface area contributed by atoms with Crippen molar-refractivity contribution in [1.29, 1.82) is 0 Å². The summed E-state index contributed by atoms with van der Waals surface area (Å²) in [4.78, 5) is 23.3. The molecular weight excluding hydrogens is 386 g/mol. The third-order valence-corrected chi connectivity index (χ3v) is 5.75. The number of amides is 1. The Labute approximate surface area is 176 Å². The zero-order valence-corrected chi connectivity index (χ0v) is 17.9. The molecule has 3 aromatic rings. The first-order valence-corrected chi connectivity index (χ1v) is 10.2. The second-order valence-corrected chi connectivity index (χ2v) is 8.15. The molecule has 1 aliphatic rings. The van der Waals surface area contributed by atoms with Gasteiger partial charge in [0.1, 0.15) is 5.65 Å². The van der Waals surface area contributed by atoms with Crippen LogP contribution in [-0.4, -0.2) is 71.9 Å². The van der Waals surface area contributed by atoms with E-state index in [1.54, 1.807) is 0 Å². The van der Waals surface area contributed by atoms with Crippen LogP contribution in [0.15, 0.2) is 42.6 Å². The molecular formula is C22H26ClN5O. The molecule has 152 valence electrons. The molecule has 0 saturated carbocycles. The molecule has 1 aromatic carbocycles. The maximum atomic E-state index is 12.3. The van der Waals surface area contributed by atoms with Crippen molar-refractivity contribution in [2.24, 2.45) is 0 Å². The standard InChI is InChI=1S/C22H26ClN5O/c1-16-22(24-20-6-4-5-9-28(16)20)18-14-17(7-8-19(18)23)26-10-12-27(13-11-26)21(29)15-25(2)3/h4-9,14H,10-13,15H2,1-3H3. The van der Waals surface area contributed by atoms with Gasteiger partial charge in [-0.05, 0) is 51.4 Å². The molecule has 0 unspecified atom stereocenters. The van der Waals surface area contributed by atoms with E-state index in [-0.39, 0.29) is 5.91 Å². The van der Waals surface area contributed by atoms with Gasteiger partial charge in [-0.2, -0.15) is 0 Å². The number of anilines is 1. The lowest BCUT2D eigenvalue weighted by Crippen LogP contribution is -2.50. The molecule has 1 amide bonds. The summed E-state index contributed by atoms with van der Waals surface area (Å²) in [6, 6.07) is 12.1. The SMILES string of the molecule is Cc1c(-c2cc(N3CCN(C(=O)CN(C)C)CC3)ccc2Cl)nc2ccccn12. The molecule has 4 rings (SSSR count). The number of piperazine rings is 1. The van der Waals surface area contributed by atoms with E-state index in [1.165, 1.54) is 0 Å². The van der Waals surface area contributed by atoms with Gasteiger partial charge in [0.25, 0.3) is 0 Å². The van der Waals surface area contributed by atoms with E-state index in [9.17, 15) is 4.79 Å². The first-order valence-electron chi connectivity index (χ1n) is 9.85. The van der Waals surface area contributed by atoms with Crippen molar-refractivity contribution >= 4 is 28.8 Å². The molecule has 0 radical (unpaired) electrons. The predicted molar refractivity (Wildman–Crippen MR) is 118 cm³/mol. The van der Waals surface area contributed by atoms with Crippen LogP contribution in [0.4, 0.5) is 5.69 Å². The average molecular weight is 412 g/mol. The Morgan fingerprint density at radius 1 is 1.14 bits per heavy atom. The van der Waals surface area contributed by atoms with Crippen LogP contribution in [0, 0.1) is 6.92 Å². The van der Waals surface area contributed by atoms with E-state index in [4.69, 9.17) is 16.6 Å². The number of rotatable bonds is 4. The molecule has 6 nitrogen and oxygen atoms in total. The minimum Gasteiger partial charge on any atom is -0.368 e. The smallest absolute Gasteiger partial charge is 0.236 e. The molecule has 1 fully saturated rings. The van der Waals surface area contributed by atoms with Gasteiger partial charge in [0.05, 0.1) is 17.3 Å². The molecule has 0 bridgehead atoms. The van der Waals surface area contributed by atoms with Gasteiger partial charge >= 0.3 is 0 Å². The van der Waals surface area contributed by atoms with Gasteiger partial charge in [-0.1, -0.05) is 17.7 Å². The summed E-state index contributed by atoms with van der Waals surface area (Å²) in [5, 5.41) is 0.694. The fourth-order valence-corrected chi connectivity index (χ4v) is 4.06. The number of hydrogen-bond acceptors (Lipinski definition) is 4. The average Bonchev–Trinajstić information content (AvgIpc) is 3.05. The second-order valence-electron chi connectivity index (χ2n) is 7.74. The zero-order valence-electron chi connectivity index (χ0n) is 17.1. The van der Waals surface area contributed by atoms with Crippen molar-refractivity contribution < 1.29 is 4.79 Å². The second kappa shape index (κ2) is 8.05. The summed E-state index contributed by atoms with van der Waals surface area (Å²) in [5.41, 5.74) is 4.94. The Morgan fingerprint density at radius 2 is 1.90 bits per heavy atom. The minimum atomic E-state index is 0.187. The molecule has 0 spiro atoms. The van der Waals surface area contributed by atoms with Crippen molar-refractivity contribution in [2.75, 3.05) is 51.7 Å². The number of likely N-dealkylation sites (N-methyl/N-ethyl adjacent to an activating group) is 1. The highest BCUT2D eigenvalue weighted by molar-refractivity contribution is 6.33. The monoisotopic (exact) mass is 411 g/mol. The van der Waals surface area contributed by atoms with Gasteiger partial charge in [0, 0.05) is 49.3 Å². The highest BCUT2D eigenvalue weighted by Crippen LogP contribution is 2.34. The van der Waals surface area contributed by atoms with Crippen molar-refractivity contribution in [3.63, 3.8) is 0 Å². The maximum Gasteiger partial charge on any atom is 0.236 e. The highest BCUT2D eigenvalue weighted by Gasteiger charge is 2.22. The number of imidazole rings is 1. The number of benzene rings is 1. The summed E-state index contributed by atoms with van der Waals surface area (Å²) >= 11 is 6.56. The van der Waals surface area contributed by atoms with E-state index in [0.717, 1.165) is 54.5 Å². The molecule has 1 aliphatic heterocycles. The molecule has 3 heterocycles. The van der Waals surface area contributed by atoms with Crippen LogP contribution in [0.25, 0.3) is 16.9 Å². The molecule has 1 saturated heterocycles. The number of carbonyl (C=O) groups excluding carboxylic acids is 1. The fraction of sp³-hybridized carbons (Fsp3) is 0.364. The van der Waals surface area contributed by atoms with Crippen molar-refractivity contribution in [3.8, 4) is 11.3 Å². The lowest BCUT2D eigenvalue weighted by molar-refractivity contribution is -0.132. The quantitative estimate of drug-likeness (QED) is 0.661. The minimum absolute atomic E-state index is 0.187. The molecule has 2 aromatic heterocycles. The number of aromatic nitrogens is 2. The number of hydrogen-bond donors (Lipinski definition) is 0. The largest absolute Gasteiger partial charge is 0.368 e. The number of pyridine rings is 1. The number of carbonyl (C=O) groups is 1.